The van der Waals surface area contributed by atoms with Crippen molar-refractivity contribution in [1.82, 2.24) is 4.98 Å². The van der Waals surface area contributed by atoms with Gasteiger partial charge >= 0.3 is 0 Å². The summed E-state index contributed by atoms with van der Waals surface area (Å²) < 4.78 is 0. The molecule has 4 rings (SSSR count). The molecular weight excluding hydrogens is 360 g/mol. The molecule has 2 nitrogen and oxygen atoms in total. The van der Waals surface area contributed by atoms with E-state index in [0.717, 1.165) is 34.1 Å². The Labute approximate surface area is 162 Å². The molecule has 1 unspecified atom stereocenters. The lowest BCUT2D eigenvalue weighted by molar-refractivity contribution is 0.698. The zero-order valence-corrected chi connectivity index (χ0v) is 15.8. The Morgan fingerprint density at radius 1 is 1.00 bits per heavy atom. The van der Waals surface area contributed by atoms with Gasteiger partial charge in [-0.2, -0.15) is 0 Å². The fourth-order valence-corrected chi connectivity index (χ4v) is 4.34. The maximum absolute atomic E-state index is 6.71. The van der Waals surface area contributed by atoms with Crippen molar-refractivity contribution >= 4 is 28.1 Å². The molecule has 0 spiro atoms. The number of thiazole rings is 1. The zero-order chi connectivity index (χ0) is 17.8. The summed E-state index contributed by atoms with van der Waals surface area (Å²) >= 11 is 8.30. The number of rotatable bonds is 5. The molecule has 0 saturated heterocycles. The molecule has 1 aliphatic rings. The Morgan fingerprint density at radius 2 is 1.81 bits per heavy atom. The van der Waals surface area contributed by atoms with Crippen LogP contribution in [0.3, 0.4) is 0 Å². The summed E-state index contributed by atoms with van der Waals surface area (Å²) in [5.74, 6) is 0. The predicted molar refractivity (Wildman–Crippen MR) is 111 cm³/mol. The van der Waals surface area contributed by atoms with E-state index in [2.05, 4.69) is 58.9 Å². The van der Waals surface area contributed by atoms with Gasteiger partial charge in [-0.3, -0.25) is 0 Å². The molecular formula is C22H19ClN2S. The smallest absolute Gasteiger partial charge is 0.183 e. The Morgan fingerprint density at radius 3 is 2.50 bits per heavy atom. The molecule has 1 aromatic heterocycles. The summed E-state index contributed by atoms with van der Waals surface area (Å²) in [5.41, 5.74) is 2.77. The van der Waals surface area contributed by atoms with Crippen molar-refractivity contribution in [1.29, 1.82) is 0 Å². The van der Waals surface area contributed by atoms with Gasteiger partial charge in [-0.15, -0.1) is 11.3 Å². The van der Waals surface area contributed by atoms with E-state index < -0.39 is 5.54 Å². The van der Waals surface area contributed by atoms with E-state index in [9.17, 15) is 0 Å². The highest BCUT2D eigenvalue weighted by Crippen LogP contribution is 2.44. The topological polar surface area (TPSA) is 24.9 Å². The molecule has 0 aliphatic heterocycles. The quantitative estimate of drug-likeness (QED) is 0.553. The normalized spacial score (nSPS) is 16.0. The van der Waals surface area contributed by atoms with Crippen molar-refractivity contribution in [2.75, 3.05) is 5.32 Å². The fraction of sp³-hybridized carbons (Fsp3) is 0.136. The van der Waals surface area contributed by atoms with Crippen LogP contribution in [0.5, 0.6) is 0 Å². The van der Waals surface area contributed by atoms with Gasteiger partial charge in [-0.25, -0.2) is 4.98 Å². The third kappa shape index (κ3) is 3.09. The van der Waals surface area contributed by atoms with Crippen LogP contribution in [0.15, 0.2) is 90.0 Å². The zero-order valence-electron chi connectivity index (χ0n) is 14.2. The van der Waals surface area contributed by atoms with E-state index in [-0.39, 0.29) is 0 Å². The second-order valence-electron chi connectivity index (χ2n) is 6.20. The van der Waals surface area contributed by atoms with Crippen LogP contribution in [0.2, 0.25) is 5.02 Å². The van der Waals surface area contributed by atoms with Gasteiger partial charge in [0, 0.05) is 22.2 Å². The summed E-state index contributed by atoms with van der Waals surface area (Å²) in [6, 6.07) is 18.5. The molecule has 0 saturated carbocycles. The minimum atomic E-state index is -0.589. The second kappa shape index (κ2) is 7.48. The number of benzene rings is 2. The van der Waals surface area contributed by atoms with E-state index in [1.165, 1.54) is 5.57 Å². The lowest BCUT2D eigenvalue weighted by atomic mass is 9.75. The van der Waals surface area contributed by atoms with Gasteiger partial charge in [-0.1, -0.05) is 78.4 Å². The highest BCUT2D eigenvalue weighted by atomic mass is 35.5. The molecule has 0 bridgehead atoms. The molecule has 4 heteroatoms. The standard InChI is InChI=1S/C22H19ClN2S/c23-20-14-8-7-13-19(20)22(17-9-3-1-4-10-17,18-11-5-2-6-12-18)25-21-24-15-16-26-21/h1,3-5,7-16H,2,6H2,(H,24,25). The molecule has 26 heavy (non-hydrogen) atoms. The van der Waals surface area contributed by atoms with Gasteiger partial charge in [0.25, 0.3) is 0 Å². The van der Waals surface area contributed by atoms with Crippen molar-refractivity contribution in [3.05, 3.63) is 106 Å². The largest absolute Gasteiger partial charge is 0.344 e. The number of halogens is 1. The number of anilines is 1. The maximum Gasteiger partial charge on any atom is 0.183 e. The number of nitrogens with one attached hydrogen (secondary N) is 1. The second-order valence-corrected chi connectivity index (χ2v) is 7.50. The van der Waals surface area contributed by atoms with Gasteiger partial charge in [0.15, 0.2) is 5.13 Å². The van der Waals surface area contributed by atoms with Crippen LogP contribution in [-0.4, -0.2) is 4.98 Å². The van der Waals surface area contributed by atoms with Gasteiger partial charge in [-0.05, 0) is 30.0 Å². The molecule has 1 aliphatic carbocycles. The highest BCUT2D eigenvalue weighted by Gasteiger charge is 2.39. The van der Waals surface area contributed by atoms with Crippen LogP contribution in [-0.2, 0) is 5.54 Å². The van der Waals surface area contributed by atoms with Crippen molar-refractivity contribution < 1.29 is 0 Å². The molecule has 1 heterocycles. The van der Waals surface area contributed by atoms with Crippen molar-refractivity contribution in [3.8, 4) is 0 Å². The number of hydrogen-bond donors (Lipinski definition) is 1. The van der Waals surface area contributed by atoms with Gasteiger partial charge < -0.3 is 5.32 Å². The van der Waals surface area contributed by atoms with E-state index in [0.29, 0.717) is 0 Å². The van der Waals surface area contributed by atoms with Gasteiger partial charge in [0.1, 0.15) is 5.54 Å². The molecule has 1 N–H and O–H groups in total. The Kier molecular flexibility index (Phi) is 4.91. The summed E-state index contributed by atoms with van der Waals surface area (Å²) in [5, 5.41) is 7.31. The van der Waals surface area contributed by atoms with Crippen molar-refractivity contribution in [2.24, 2.45) is 0 Å². The first-order valence-corrected chi connectivity index (χ1v) is 9.92. The number of hydrogen-bond acceptors (Lipinski definition) is 3. The molecule has 1 atom stereocenters. The average molecular weight is 379 g/mol. The van der Waals surface area contributed by atoms with Gasteiger partial charge in [0.2, 0.25) is 0 Å². The molecule has 0 fully saturated rings. The Bertz CT molecular complexity index is 932. The van der Waals surface area contributed by atoms with Crippen molar-refractivity contribution in [2.45, 2.75) is 18.4 Å². The van der Waals surface area contributed by atoms with Gasteiger partial charge in [0.05, 0.1) is 0 Å². The minimum Gasteiger partial charge on any atom is -0.344 e. The maximum atomic E-state index is 6.71. The van der Waals surface area contributed by atoms with E-state index in [4.69, 9.17) is 11.6 Å². The first-order chi connectivity index (χ1) is 12.8. The number of aromatic nitrogens is 1. The minimum absolute atomic E-state index is 0.589. The molecule has 0 radical (unpaired) electrons. The Hall–Kier alpha value is -2.36. The molecule has 130 valence electrons. The van der Waals surface area contributed by atoms with Crippen LogP contribution in [0, 0.1) is 0 Å². The van der Waals surface area contributed by atoms with Crippen LogP contribution in [0.4, 0.5) is 5.13 Å². The summed E-state index contributed by atoms with van der Waals surface area (Å²) in [6.45, 7) is 0. The summed E-state index contributed by atoms with van der Waals surface area (Å²) in [4.78, 5) is 4.49. The van der Waals surface area contributed by atoms with Crippen LogP contribution in [0.1, 0.15) is 24.0 Å². The fourth-order valence-electron chi connectivity index (χ4n) is 3.48. The molecule has 2 aromatic carbocycles. The number of nitrogens with zero attached hydrogens (tertiary/aromatic N) is 1. The van der Waals surface area contributed by atoms with Crippen LogP contribution in [0.25, 0.3) is 0 Å². The molecule has 3 aromatic rings. The molecule has 0 amide bonds. The van der Waals surface area contributed by atoms with E-state index in [1.54, 1.807) is 11.3 Å². The first-order valence-electron chi connectivity index (χ1n) is 8.66. The van der Waals surface area contributed by atoms with Crippen molar-refractivity contribution in [3.63, 3.8) is 0 Å². The van der Waals surface area contributed by atoms with Crippen LogP contribution < -0.4 is 5.32 Å². The lowest BCUT2D eigenvalue weighted by Crippen LogP contribution is -2.39. The van der Waals surface area contributed by atoms with E-state index in [1.807, 2.05) is 35.8 Å². The average Bonchev–Trinajstić information content (AvgIpc) is 3.21. The SMILES string of the molecule is Clc1ccccc1C(Nc1nccs1)(C1=CCCC=C1)c1ccccc1. The lowest BCUT2D eigenvalue weighted by Gasteiger charge is -2.38. The monoisotopic (exact) mass is 378 g/mol. The van der Waals surface area contributed by atoms with E-state index >= 15 is 0 Å². The predicted octanol–water partition coefficient (Wildman–Crippen LogP) is 6.43. The third-order valence-corrected chi connectivity index (χ3v) is 5.66. The van der Waals surface area contributed by atoms with Crippen LogP contribution >= 0.6 is 22.9 Å². The number of allylic oxidation sites excluding steroid dienone is 2. The summed E-state index contributed by atoms with van der Waals surface area (Å²) in [7, 11) is 0. The highest BCUT2D eigenvalue weighted by molar-refractivity contribution is 7.13. The third-order valence-electron chi connectivity index (χ3n) is 4.64. The summed E-state index contributed by atoms with van der Waals surface area (Å²) in [6.07, 6.45) is 10.6. The Balaban J connectivity index is 2.01. The first kappa shape index (κ1) is 17.1.